The molecule has 17 heavy (non-hydrogen) atoms. The third kappa shape index (κ3) is 3.29. The van der Waals surface area contributed by atoms with Gasteiger partial charge in [0.1, 0.15) is 11.0 Å². The van der Waals surface area contributed by atoms with Crippen LogP contribution in [-0.2, 0) is 9.84 Å². The Morgan fingerprint density at radius 2 is 1.94 bits per heavy atom. The molecule has 0 aromatic heterocycles. The molecule has 0 fully saturated rings. The lowest BCUT2D eigenvalue weighted by Crippen LogP contribution is -2.29. The fraction of sp³-hybridized carbons (Fsp3) is 0.364. The molecule has 0 aliphatic rings. The van der Waals surface area contributed by atoms with Gasteiger partial charge in [-0.2, -0.15) is 0 Å². The zero-order valence-electron chi connectivity index (χ0n) is 9.59. The Hall–Kier alpha value is -0.880. The molecule has 0 saturated carbocycles. The summed E-state index contributed by atoms with van der Waals surface area (Å²) in [6.07, 6.45) is 0. The van der Waals surface area contributed by atoms with Gasteiger partial charge < -0.3 is 5.21 Å². The van der Waals surface area contributed by atoms with Gasteiger partial charge in [0.25, 0.3) is 0 Å². The molecule has 1 N–H and O–H groups in total. The number of oxime groups is 1. The molecule has 0 aliphatic carbocycles. The first-order valence-corrected chi connectivity index (χ1v) is 7.62. The molecule has 1 aromatic rings. The lowest BCUT2D eigenvalue weighted by Gasteiger charge is -2.13. The Morgan fingerprint density at radius 1 is 1.41 bits per heavy atom. The number of hydrogen-bond donors (Lipinski definition) is 1. The predicted molar refractivity (Wildman–Crippen MR) is 71.4 cm³/mol. The van der Waals surface area contributed by atoms with Gasteiger partial charge in [-0.25, -0.2) is 8.42 Å². The number of rotatable bonds is 4. The van der Waals surface area contributed by atoms with Crippen LogP contribution >= 0.6 is 15.9 Å². The van der Waals surface area contributed by atoms with Gasteiger partial charge in [0.2, 0.25) is 0 Å². The van der Waals surface area contributed by atoms with E-state index in [9.17, 15) is 8.42 Å². The van der Waals surface area contributed by atoms with Crippen molar-refractivity contribution in [3.63, 3.8) is 0 Å². The molecule has 0 heterocycles. The first-order chi connectivity index (χ1) is 7.92. The third-order valence-electron chi connectivity index (χ3n) is 2.57. The lowest BCUT2D eigenvalue weighted by molar-refractivity contribution is 0.318. The molecule has 0 aliphatic heterocycles. The van der Waals surface area contributed by atoms with E-state index in [1.54, 1.807) is 31.2 Å². The van der Waals surface area contributed by atoms with Crippen molar-refractivity contribution in [1.29, 1.82) is 0 Å². The molecule has 1 atom stereocenters. The summed E-state index contributed by atoms with van der Waals surface area (Å²) in [5, 5.41) is 11.3. The number of sulfone groups is 1. The molecule has 0 bridgehead atoms. The Labute approximate surface area is 109 Å². The quantitative estimate of drug-likeness (QED) is 0.526. The fourth-order valence-corrected chi connectivity index (χ4v) is 2.70. The fourth-order valence-electron chi connectivity index (χ4n) is 1.41. The first-order valence-electron chi connectivity index (χ1n) is 5.11. The Kier molecular flexibility index (Phi) is 4.70. The zero-order valence-corrected chi connectivity index (χ0v) is 12.0. The SMILES string of the molecule is CCS(=O)(=O)C(C)/C(=N/O)c1ccc(Br)cc1. The van der Waals surface area contributed by atoms with Gasteiger partial charge in [-0.05, 0) is 19.1 Å². The smallest absolute Gasteiger partial charge is 0.158 e. The topological polar surface area (TPSA) is 66.7 Å². The summed E-state index contributed by atoms with van der Waals surface area (Å²) in [5.74, 6) is 0.0176. The third-order valence-corrected chi connectivity index (χ3v) is 5.21. The van der Waals surface area contributed by atoms with Crippen molar-refractivity contribution in [2.24, 2.45) is 5.16 Å². The van der Waals surface area contributed by atoms with Crippen LogP contribution in [0.2, 0.25) is 0 Å². The molecule has 0 spiro atoms. The van der Waals surface area contributed by atoms with E-state index in [1.807, 2.05) is 0 Å². The van der Waals surface area contributed by atoms with Crippen molar-refractivity contribution in [3.05, 3.63) is 34.3 Å². The van der Waals surface area contributed by atoms with Gasteiger partial charge in [0.05, 0.1) is 0 Å². The second-order valence-electron chi connectivity index (χ2n) is 3.59. The second-order valence-corrected chi connectivity index (χ2v) is 7.11. The molecule has 1 aromatic carbocycles. The maximum Gasteiger partial charge on any atom is 0.158 e. The van der Waals surface area contributed by atoms with Crippen LogP contribution in [0.5, 0.6) is 0 Å². The standard InChI is InChI=1S/C11H14BrNO3S/c1-3-17(15,16)8(2)11(13-14)9-4-6-10(12)7-5-9/h4-8,14H,3H2,1-2H3/b13-11-. The van der Waals surface area contributed by atoms with E-state index in [-0.39, 0.29) is 11.5 Å². The number of hydrogen-bond acceptors (Lipinski definition) is 4. The highest BCUT2D eigenvalue weighted by molar-refractivity contribution is 9.10. The second kappa shape index (κ2) is 5.64. The highest BCUT2D eigenvalue weighted by Crippen LogP contribution is 2.15. The highest BCUT2D eigenvalue weighted by atomic mass is 79.9. The Balaban J connectivity index is 3.14. The van der Waals surface area contributed by atoms with E-state index < -0.39 is 15.1 Å². The summed E-state index contributed by atoms with van der Waals surface area (Å²) in [7, 11) is -3.27. The summed E-state index contributed by atoms with van der Waals surface area (Å²) >= 11 is 3.29. The number of nitrogens with zero attached hydrogens (tertiary/aromatic N) is 1. The normalized spacial score (nSPS) is 14.6. The zero-order chi connectivity index (χ0) is 13.1. The van der Waals surface area contributed by atoms with Gasteiger partial charge in [-0.1, -0.05) is 40.1 Å². The van der Waals surface area contributed by atoms with Crippen LogP contribution in [0.1, 0.15) is 19.4 Å². The molecular weight excluding hydrogens is 306 g/mol. The lowest BCUT2D eigenvalue weighted by atomic mass is 10.1. The minimum atomic E-state index is -3.27. The number of halogens is 1. The van der Waals surface area contributed by atoms with Gasteiger partial charge in [0.15, 0.2) is 9.84 Å². The van der Waals surface area contributed by atoms with Gasteiger partial charge in [0, 0.05) is 15.8 Å². The highest BCUT2D eigenvalue weighted by Gasteiger charge is 2.25. The van der Waals surface area contributed by atoms with E-state index in [1.165, 1.54) is 6.92 Å². The van der Waals surface area contributed by atoms with Crippen molar-refractivity contribution in [3.8, 4) is 0 Å². The minimum absolute atomic E-state index is 0.0176. The molecule has 94 valence electrons. The summed E-state index contributed by atoms with van der Waals surface area (Å²) in [6, 6.07) is 6.96. The van der Waals surface area contributed by atoms with Crippen molar-refractivity contribution >= 4 is 31.5 Å². The summed E-state index contributed by atoms with van der Waals surface area (Å²) in [4.78, 5) is 0. The average molecular weight is 320 g/mol. The van der Waals surface area contributed by atoms with Crippen LogP contribution in [0.15, 0.2) is 33.9 Å². The molecule has 1 rings (SSSR count). The molecule has 0 radical (unpaired) electrons. The van der Waals surface area contributed by atoms with Crippen molar-refractivity contribution in [2.45, 2.75) is 19.1 Å². The molecular formula is C11H14BrNO3S. The van der Waals surface area contributed by atoms with E-state index in [4.69, 9.17) is 5.21 Å². The van der Waals surface area contributed by atoms with Crippen molar-refractivity contribution in [2.75, 3.05) is 5.75 Å². The largest absolute Gasteiger partial charge is 0.411 e. The van der Waals surface area contributed by atoms with Gasteiger partial charge in [-0.15, -0.1) is 0 Å². The molecule has 0 saturated heterocycles. The van der Waals surface area contributed by atoms with Crippen LogP contribution in [0.4, 0.5) is 0 Å². The average Bonchev–Trinajstić information content (AvgIpc) is 2.32. The summed E-state index contributed by atoms with van der Waals surface area (Å²) in [5.41, 5.74) is 0.763. The van der Waals surface area contributed by atoms with E-state index in [0.717, 1.165) is 4.47 Å². The first kappa shape index (κ1) is 14.2. The number of benzene rings is 1. The van der Waals surface area contributed by atoms with E-state index >= 15 is 0 Å². The van der Waals surface area contributed by atoms with Crippen LogP contribution < -0.4 is 0 Å². The van der Waals surface area contributed by atoms with E-state index in [0.29, 0.717) is 5.56 Å². The Bertz CT molecular complexity index is 508. The molecule has 4 nitrogen and oxygen atoms in total. The van der Waals surface area contributed by atoms with Crippen LogP contribution in [0.3, 0.4) is 0 Å². The Morgan fingerprint density at radius 3 is 2.35 bits per heavy atom. The van der Waals surface area contributed by atoms with E-state index in [2.05, 4.69) is 21.1 Å². The van der Waals surface area contributed by atoms with Crippen LogP contribution in [0.25, 0.3) is 0 Å². The molecule has 0 amide bonds. The van der Waals surface area contributed by atoms with Crippen LogP contribution in [-0.4, -0.2) is 30.3 Å². The maximum atomic E-state index is 11.7. The predicted octanol–water partition coefficient (Wildman–Crippen LogP) is 2.45. The summed E-state index contributed by atoms with van der Waals surface area (Å²) < 4.78 is 24.4. The van der Waals surface area contributed by atoms with Gasteiger partial charge in [-0.3, -0.25) is 0 Å². The van der Waals surface area contributed by atoms with Gasteiger partial charge >= 0.3 is 0 Å². The monoisotopic (exact) mass is 319 g/mol. The van der Waals surface area contributed by atoms with Crippen LogP contribution in [0, 0.1) is 0 Å². The molecule has 1 unspecified atom stereocenters. The maximum absolute atomic E-state index is 11.7. The molecule has 6 heteroatoms. The summed E-state index contributed by atoms with van der Waals surface area (Å²) in [6.45, 7) is 3.10. The van der Waals surface area contributed by atoms with Crippen molar-refractivity contribution in [1.82, 2.24) is 0 Å². The van der Waals surface area contributed by atoms with Crippen molar-refractivity contribution < 1.29 is 13.6 Å². The minimum Gasteiger partial charge on any atom is -0.411 e.